The summed E-state index contributed by atoms with van der Waals surface area (Å²) in [6.07, 6.45) is 0.610. The van der Waals surface area contributed by atoms with Crippen molar-refractivity contribution >= 4 is 0 Å². The first-order chi connectivity index (χ1) is 7.94. The van der Waals surface area contributed by atoms with Gasteiger partial charge in [-0.25, -0.2) is 4.39 Å². The Labute approximate surface area is 98.7 Å². The highest BCUT2D eigenvalue weighted by Crippen LogP contribution is 2.41. The zero-order valence-electron chi connectivity index (χ0n) is 10.0. The summed E-state index contributed by atoms with van der Waals surface area (Å²) in [6.45, 7) is 3.65. The molecule has 2 rings (SSSR count). The number of fused-ring (bicyclic) bond motifs is 1. The minimum Gasteiger partial charge on any atom is -0.484 e. The van der Waals surface area contributed by atoms with Gasteiger partial charge < -0.3 is 9.57 Å². The molecule has 1 unspecified atom stereocenters. The maximum absolute atomic E-state index is 13.7. The summed E-state index contributed by atoms with van der Waals surface area (Å²) in [5.74, 6) is -1.88. The molecule has 3 nitrogen and oxygen atoms in total. The van der Waals surface area contributed by atoms with Gasteiger partial charge in [0.1, 0.15) is 5.60 Å². The molecule has 0 saturated carbocycles. The maximum Gasteiger partial charge on any atom is 0.200 e. The van der Waals surface area contributed by atoms with Gasteiger partial charge in [-0.1, -0.05) is 6.07 Å². The quantitative estimate of drug-likeness (QED) is 0.810. The van der Waals surface area contributed by atoms with Crippen molar-refractivity contribution in [3.8, 4) is 5.75 Å². The van der Waals surface area contributed by atoms with E-state index in [0.717, 1.165) is 6.07 Å². The largest absolute Gasteiger partial charge is 0.484 e. The van der Waals surface area contributed by atoms with Crippen molar-refractivity contribution in [2.45, 2.75) is 31.9 Å². The van der Waals surface area contributed by atoms with E-state index in [-0.39, 0.29) is 11.8 Å². The summed E-state index contributed by atoms with van der Waals surface area (Å²) < 4.78 is 32.3. The maximum atomic E-state index is 13.7. The SMILES string of the molecule is CONC1CC(C)(C)Oc2c1ccc(F)c2F. The molecule has 0 fully saturated rings. The molecule has 1 aromatic rings. The highest BCUT2D eigenvalue weighted by atomic mass is 19.2. The van der Waals surface area contributed by atoms with Crippen molar-refractivity contribution in [2.24, 2.45) is 0 Å². The normalized spacial score (nSPS) is 21.8. The van der Waals surface area contributed by atoms with Gasteiger partial charge in [-0.15, -0.1) is 0 Å². The zero-order chi connectivity index (χ0) is 12.6. The fraction of sp³-hybridized carbons (Fsp3) is 0.500. The molecule has 0 amide bonds. The van der Waals surface area contributed by atoms with Crippen LogP contribution in [0.3, 0.4) is 0 Å². The van der Waals surface area contributed by atoms with Crippen LogP contribution in [0.25, 0.3) is 0 Å². The summed E-state index contributed by atoms with van der Waals surface area (Å²) >= 11 is 0. The van der Waals surface area contributed by atoms with E-state index >= 15 is 0 Å². The van der Waals surface area contributed by atoms with E-state index in [1.807, 2.05) is 13.8 Å². The number of nitrogens with one attached hydrogen (secondary N) is 1. The van der Waals surface area contributed by atoms with E-state index < -0.39 is 17.2 Å². The van der Waals surface area contributed by atoms with Gasteiger partial charge >= 0.3 is 0 Å². The van der Waals surface area contributed by atoms with Crippen molar-refractivity contribution in [1.29, 1.82) is 0 Å². The first kappa shape index (κ1) is 12.3. The van der Waals surface area contributed by atoms with E-state index in [2.05, 4.69) is 5.48 Å². The highest BCUT2D eigenvalue weighted by Gasteiger charge is 2.36. The van der Waals surface area contributed by atoms with Gasteiger partial charge in [-0.2, -0.15) is 9.87 Å². The van der Waals surface area contributed by atoms with Gasteiger partial charge in [0, 0.05) is 12.0 Å². The summed E-state index contributed by atoms with van der Waals surface area (Å²) in [5.41, 5.74) is 2.78. The number of ether oxygens (including phenoxy) is 1. The average Bonchev–Trinajstić information content (AvgIpc) is 2.23. The number of halogens is 2. The van der Waals surface area contributed by atoms with E-state index in [4.69, 9.17) is 9.57 Å². The topological polar surface area (TPSA) is 30.5 Å². The Morgan fingerprint density at radius 1 is 1.41 bits per heavy atom. The standard InChI is InChI=1S/C12H15F2NO2/c1-12(2)6-9(15-16-3)7-4-5-8(13)10(14)11(7)17-12/h4-5,9,15H,6H2,1-3H3. The molecule has 17 heavy (non-hydrogen) atoms. The Balaban J connectivity index is 2.48. The van der Waals surface area contributed by atoms with Crippen LogP contribution in [0.2, 0.25) is 0 Å². The minimum absolute atomic E-state index is 0.0317. The third-order valence-corrected chi connectivity index (χ3v) is 2.79. The molecular formula is C12H15F2NO2. The fourth-order valence-corrected chi connectivity index (χ4v) is 2.09. The lowest BCUT2D eigenvalue weighted by Gasteiger charge is -2.37. The average molecular weight is 243 g/mol. The van der Waals surface area contributed by atoms with Crippen molar-refractivity contribution in [3.63, 3.8) is 0 Å². The van der Waals surface area contributed by atoms with E-state index in [1.165, 1.54) is 13.2 Å². The minimum atomic E-state index is -0.946. The van der Waals surface area contributed by atoms with Gasteiger partial charge in [-0.05, 0) is 19.9 Å². The molecule has 0 bridgehead atoms. The first-order valence-corrected chi connectivity index (χ1v) is 5.40. The van der Waals surface area contributed by atoms with Gasteiger partial charge in [0.2, 0.25) is 5.82 Å². The van der Waals surface area contributed by atoms with Crippen LogP contribution in [-0.2, 0) is 4.84 Å². The second-order valence-corrected chi connectivity index (χ2v) is 4.72. The van der Waals surface area contributed by atoms with Gasteiger partial charge in [0.25, 0.3) is 0 Å². The van der Waals surface area contributed by atoms with Crippen LogP contribution in [0.1, 0.15) is 31.9 Å². The van der Waals surface area contributed by atoms with Crippen molar-refractivity contribution in [1.82, 2.24) is 5.48 Å². The number of rotatable bonds is 2. The molecule has 1 aliphatic rings. The molecule has 1 atom stereocenters. The molecule has 5 heteroatoms. The van der Waals surface area contributed by atoms with Crippen LogP contribution in [0.15, 0.2) is 12.1 Å². The number of hydrogen-bond donors (Lipinski definition) is 1. The van der Waals surface area contributed by atoms with E-state index in [1.54, 1.807) is 0 Å². The van der Waals surface area contributed by atoms with Crippen molar-refractivity contribution in [2.75, 3.05) is 7.11 Å². The summed E-state index contributed by atoms with van der Waals surface area (Å²) in [7, 11) is 1.49. The molecule has 1 N–H and O–H groups in total. The van der Waals surface area contributed by atoms with Crippen molar-refractivity contribution in [3.05, 3.63) is 29.3 Å². The van der Waals surface area contributed by atoms with Crippen LogP contribution in [0, 0.1) is 11.6 Å². The Morgan fingerprint density at radius 2 is 2.12 bits per heavy atom. The lowest BCUT2D eigenvalue weighted by molar-refractivity contribution is 0.000320. The Bertz CT molecular complexity index is 435. The molecule has 0 saturated heterocycles. The molecular weight excluding hydrogens is 228 g/mol. The summed E-state index contributed by atoms with van der Waals surface area (Å²) in [6, 6.07) is 2.40. The highest BCUT2D eigenvalue weighted by molar-refractivity contribution is 5.40. The number of hydroxylamine groups is 1. The molecule has 1 aliphatic heterocycles. The predicted molar refractivity (Wildman–Crippen MR) is 58.6 cm³/mol. The second kappa shape index (κ2) is 4.23. The molecule has 0 aromatic heterocycles. The van der Waals surface area contributed by atoms with Crippen LogP contribution in [-0.4, -0.2) is 12.7 Å². The number of benzene rings is 1. The third-order valence-electron chi connectivity index (χ3n) is 2.79. The second-order valence-electron chi connectivity index (χ2n) is 4.72. The van der Waals surface area contributed by atoms with Crippen LogP contribution < -0.4 is 10.2 Å². The summed E-state index contributed by atoms with van der Waals surface area (Å²) in [5, 5.41) is 0. The fourth-order valence-electron chi connectivity index (χ4n) is 2.09. The summed E-state index contributed by atoms with van der Waals surface area (Å²) in [4.78, 5) is 4.88. The Hall–Kier alpha value is -1.20. The Morgan fingerprint density at radius 3 is 2.76 bits per heavy atom. The first-order valence-electron chi connectivity index (χ1n) is 5.40. The Kier molecular flexibility index (Phi) is 3.05. The van der Waals surface area contributed by atoms with Gasteiger partial charge in [0.05, 0.1) is 13.2 Å². The lowest BCUT2D eigenvalue weighted by atomic mass is 9.90. The van der Waals surface area contributed by atoms with Crippen molar-refractivity contribution < 1.29 is 18.4 Å². The van der Waals surface area contributed by atoms with E-state index in [0.29, 0.717) is 12.0 Å². The molecule has 0 aliphatic carbocycles. The molecule has 1 heterocycles. The smallest absolute Gasteiger partial charge is 0.200 e. The lowest BCUT2D eigenvalue weighted by Crippen LogP contribution is -2.39. The number of hydrogen-bond acceptors (Lipinski definition) is 3. The molecule has 0 radical (unpaired) electrons. The molecule has 1 aromatic carbocycles. The van der Waals surface area contributed by atoms with E-state index in [9.17, 15) is 8.78 Å². The van der Waals surface area contributed by atoms with Crippen LogP contribution in [0.5, 0.6) is 5.75 Å². The third kappa shape index (κ3) is 2.25. The monoisotopic (exact) mass is 243 g/mol. The van der Waals surface area contributed by atoms with Gasteiger partial charge in [-0.3, -0.25) is 0 Å². The van der Waals surface area contributed by atoms with Crippen LogP contribution >= 0.6 is 0 Å². The molecule has 0 spiro atoms. The predicted octanol–water partition coefficient (Wildman–Crippen LogP) is 2.72. The van der Waals surface area contributed by atoms with Crippen LogP contribution in [0.4, 0.5) is 8.78 Å². The van der Waals surface area contributed by atoms with Gasteiger partial charge in [0.15, 0.2) is 11.6 Å². The molecule has 94 valence electrons. The zero-order valence-corrected chi connectivity index (χ0v) is 10.0.